The van der Waals surface area contributed by atoms with E-state index in [1.807, 2.05) is 0 Å². The van der Waals surface area contributed by atoms with E-state index in [0.29, 0.717) is 45.3 Å². The van der Waals surface area contributed by atoms with E-state index < -0.39 is 23.3 Å². The monoisotopic (exact) mass is 284 g/mol. The number of epoxide rings is 2. The zero-order valence-electron chi connectivity index (χ0n) is 11.3. The molecule has 3 rings (SSSR count). The number of rotatable bonds is 6. The summed E-state index contributed by atoms with van der Waals surface area (Å²) in [6.07, 6.45) is 2.62. The lowest BCUT2D eigenvalue weighted by atomic mass is 9.60. The van der Waals surface area contributed by atoms with E-state index in [4.69, 9.17) is 9.47 Å². The largest absolute Gasteiger partial charge is 0.481 e. The molecular formula is C14H20O6. The van der Waals surface area contributed by atoms with Crippen LogP contribution in [-0.4, -0.2) is 47.6 Å². The molecular weight excluding hydrogens is 264 g/mol. The van der Waals surface area contributed by atoms with Gasteiger partial charge in [-0.2, -0.15) is 0 Å². The first-order chi connectivity index (χ1) is 9.51. The van der Waals surface area contributed by atoms with Crippen LogP contribution in [0.25, 0.3) is 0 Å². The third kappa shape index (κ3) is 2.67. The van der Waals surface area contributed by atoms with Gasteiger partial charge in [0.05, 0.1) is 36.8 Å². The molecule has 20 heavy (non-hydrogen) atoms. The van der Waals surface area contributed by atoms with Crippen LogP contribution in [0.5, 0.6) is 0 Å². The molecule has 0 aromatic rings. The number of carbonyl (C=O) groups is 2. The number of hydrogen-bond donors (Lipinski definition) is 2. The molecule has 2 aliphatic heterocycles. The van der Waals surface area contributed by atoms with Crippen molar-refractivity contribution in [2.45, 2.75) is 44.3 Å². The highest BCUT2D eigenvalue weighted by Crippen LogP contribution is 2.51. The Morgan fingerprint density at radius 2 is 1.80 bits per heavy atom. The lowest BCUT2D eigenvalue weighted by Gasteiger charge is -2.42. The third-order valence-corrected chi connectivity index (χ3v) is 5.01. The fourth-order valence-electron chi connectivity index (χ4n) is 3.62. The molecule has 2 N–H and O–H groups in total. The Balaban J connectivity index is 1.80. The molecule has 3 fully saturated rings. The smallest absolute Gasteiger partial charge is 0.310 e. The van der Waals surface area contributed by atoms with E-state index in [1.54, 1.807) is 0 Å². The van der Waals surface area contributed by atoms with Gasteiger partial charge >= 0.3 is 11.9 Å². The van der Waals surface area contributed by atoms with Gasteiger partial charge in [-0.15, -0.1) is 0 Å². The molecule has 2 heterocycles. The van der Waals surface area contributed by atoms with E-state index in [1.165, 1.54) is 0 Å². The first-order valence-electron chi connectivity index (χ1n) is 7.20. The maximum absolute atomic E-state index is 11.9. The van der Waals surface area contributed by atoms with Crippen LogP contribution in [-0.2, 0) is 19.1 Å². The molecule has 0 radical (unpaired) electrons. The second-order valence-corrected chi connectivity index (χ2v) is 6.32. The number of aliphatic carboxylic acids is 2. The number of carboxylic acids is 2. The highest BCUT2D eigenvalue weighted by molar-refractivity contribution is 5.77. The maximum Gasteiger partial charge on any atom is 0.310 e. The summed E-state index contributed by atoms with van der Waals surface area (Å²) in [5.41, 5.74) is -0.834. The number of hydrogen-bond acceptors (Lipinski definition) is 4. The highest BCUT2D eigenvalue weighted by atomic mass is 16.6. The lowest BCUT2D eigenvalue weighted by molar-refractivity contribution is -0.162. The summed E-state index contributed by atoms with van der Waals surface area (Å²) in [4.78, 5) is 23.1. The van der Waals surface area contributed by atoms with Crippen LogP contribution < -0.4 is 0 Å². The summed E-state index contributed by atoms with van der Waals surface area (Å²) < 4.78 is 10.4. The summed E-state index contributed by atoms with van der Waals surface area (Å²) >= 11 is 0. The van der Waals surface area contributed by atoms with Crippen LogP contribution in [0.4, 0.5) is 0 Å². The van der Waals surface area contributed by atoms with Gasteiger partial charge in [0.25, 0.3) is 0 Å². The molecule has 0 spiro atoms. The van der Waals surface area contributed by atoms with Crippen molar-refractivity contribution >= 4 is 11.9 Å². The fraction of sp³-hybridized carbons (Fsp3) is 0.857. The molecule has 1 saturated carbocycles. The zero-order chi connectivity index (χ0) is 14.3. The summed E-state index contributed by atoms with van der Waals surface area (Å²) in [5, 5.41) is 19.0. The summed E-state index contributed by atoms with van der Waals surface area (Å²) in [6, 6.07) is 0. The van der Waals surface area contributed by atoms with Gasteiger partial charge in [-0.05, 0) is 38.0 Å². The van der Waals surface area contributed by atoms with Gasteiger partial charge in [0, 0.05) is 0 Å². The molecule has 6 heteroatoms. The molecule has 0 amide bonds. The van der Waals surface area contributed by atoms with Crippen molar-refractivity contribution in [1.82, 2.24) is 0 Å². The predicted molar refractivity (Wildman–Crippen MR) is 67.2 cm³/mol. The van der Waals surface area contributed by atoms with Crippen LogP contribution >= 0.6 is 0 Å². The highest BCUT2D eigenvalue weighted by Gasteiger charge is 2.54. The van der Waals surface area contributed by atoms with Gasteiger partial charge in [-0.1, -0.05) is 0 Å². The summed E-state index contributed by atoms with van der Waals surface area (Å²) in [7, 11) is 0. The Bertz CT molecular complexity index is 414. The van der Waals surface area contributed by atoms with Gasteiger partial charge in [0.2, 0.25) is 0 Å². The number of carboxylic acid groups (broad SMARTS) is 2. The Hall–Kier alpha value is -1.14. The molecule has 0 bridgehead atoms. The Kier molecular flexibility index (Phi) is 3.46. The normalized spacial score (nSPS) is 43.0. The molecule has 5 atom stereocenters. The van der Waals surface area contributed by atoms with Crippen LogP contribution in [0.3, 0.4) is 0 Å². The van der Waals surface area contributed by atoms with Crippen LogP contribution in [0.15, 0.2) is 0 Å². The lowest BCUT2D eigenvalue weighted by Crippen LogP contribution is -2.46. The molecule has 6 nitrogen and oxygen atoms in total. The van der Waals surface area contributed by atoms with E-state index in [9.17, 15) is 19.8 Å². The number of ether oxygens (including phenoxy) is 2. The molecule has 1 aliphatic carbocycles. The Labute approximate surface area is 117 Å². The van der Waals surface area contributed by atoms with Crippen molar-refractivity contribution in [2.75, 3.05) is 13.2 Å². The predicted octanol–water partition coefficient (Wildman–Crippen LogP) is 1.14. The van der Waals surface area contributed by atoms with E-state index in [0.717, 1.165) is 0 Å². The quantitative estimate of drug-likeness (QED) is 0.709. The minimum atomic E-state index is -0.834. The zero-order valence-corrected chi connectivity index (χ0v) is 11.3. The minimum Gasteiger partial charge on any atom is -0.481 e. The van der Waals surface area contributed by atoms with Crippen molar-refractivity contribution in [3.63, 3.8) is 0 Å². The molecule has 0 aromatic heterocycles. The average molecular weight is 284 g/mol. The molecule has 3 aliphatic rings. The summed E-state index contributed by atoms with van der Waals surface area (Å²) in [5.74, 6) is -2.17. The van der Waals surface area contributed by atoms with Crippen molar-refractivity contribution in [3.8, 4) is 0 Å². The van der Waals surface area contributed by atoms with E-state index in [-0.39, 0.29) is 18.1 Å². The third-order valence-electron chi connectivity index (χ3n) is 5.01. The first-order valence-corrected chi connectivity index (χ1v) is 7.20. The van der Waals surface area contributed by atoms with Crippen molar-refractivity contribution in [3.05, 3.63) is 0 Å². The van der Waals surface area contributed by atoms with Crippen molar-refractivity contribution in [1.29, 1.82) is 0 Å². The van der Waals surface area contributed by atoms with Crippen LogP contribution in [0.2, 0.25) is 0 Å². The molecule has 2 saturated heterocycles. The SMILES string of the molecule is O=C(O)C1CCC(CC2CO2)(C(=O)O)C(CC2CO2)C1. The minimum absolute atomic E-state index is 0.0371. The summed E-state index contributed by atoms with van der Waals surface area (Å²) in [6.45, 7) is 1.30. The first kappa shape index (κ1) is 13.8. The van der Waals surface area contributed by atoms with Gasteiger partial charge in [0.15, 0.2) is 0 Å². The van der Waals surface area contributed by atoms with Gasteiger partial charge in [-0.25, -0.2) is 0 Å². The van der Waals surface area contributed by atoms with Gasteiger partial charge in [0.1, 0.15) is 0 Å². The maximum atomic E-state index is 11.9. The second-order valence-electron chi connectivity index (χ2n) is 6.32. The second kappa shape index (κ2) is 5.00. The molecule has 0 aromatic carbocycles. The topological polar surface area (TPSA) is 99.7 Å². The molecule has 5 unspecified atom stereocenters. The van der Waals surface area contributed by atoms with Crippen molar-refractivity contribution in [2.24, 2.45) is 17.3 Å². The average Bonchev–Trinajstić information content (AvgIpc) is 3.25. The van der Waals surface area contributed by atoms with Crippen LogP contribution in [0, 0.1) is 17.3 Å². The fourth-order valence-corrected chi connectivity index (χ4v) is 3.62. The van der Waals surface area contributed by atoms with Crippen LogP contribution in [0.1, 0.15) is 32.1 Å². The standard InChI is InChI=1S/C14H20O6/c15-12(16)8-1-2-14(13(17)18,5-11-7-20-11)9(3-8)4-10-6-19-10/h8-11H,1-7H2,(H,15,16)(H,17,18). The van der Waals surface area contributed by atoms with Crippen molar-refractivity contribution < 1.29 is 29.3 Å². The molecule has 112 valence electrons. The Morgan fingerprint density at radius 3 is 2.30 bits per heavy atom. The van der Waals surface area contributed by atoms with Gasteiger partial charge in [-0.3, -0.25) is 9.59 Å². The Morgan fingerprint density at radius 1 is 1.15 bits per heavy atom. The van der Waals surface area contributed by atoms with E-state index in [2.05, 4.69) is 0 Å². The van der Waals surface area contributed by atoms with Gasteiger partial charge < -0.3 is 19.7 Å². The van der Waals surface area contributed by atoms with E-state index >= 15 is 0 Å².